The number of nitrogens with one attached hydrogen (secondary N) is 1. The molecule has 1 aliphatic heterocycles. The maximum Gasteiger partial charge on any atom is 0.501 e. The van der Waals surface area contributed by atoms with Crippen molar-refractivity contribution in [2.75, 3.05) is 30.7 Å². The van der Waals surface area contributed by atoms with E-state index in [0.717, 1.165) is 17.0 Å². The van der Waals surface area contributed by atoms with Gasteiger partial charge in [0.2, 0.25) is 10.0 Å². The number of thioether (sulfide) groups is 1. The van der Waals surface area contributed by atoms with Crippen LogP contribution >= 0.6 is 11.8 Å². The lowest BCUT2D eigenvalue weighted by Gasteiger charge is -2.31. The molecule has 0 bridgehead atoms. The SMILES string of the molecule is NS(=O)(=O)c1ccc(N[C@H](CCN2CCC(C(=O)O)CC2)CSc2ccccc2)c(S(=O)(=O)C(F)(F)F)c1. The van der Waals surface area contributed by atoms with Gasteiger partial charge in [-0.15, -0.1) is 11.8 Å². The third kappa shape index (κ3) is 7.85. The summed E-state index contributed by atoms with van der Waals surface area (Å²) in [5, 5.41) is 17.1. The Morgan fingerprint density at radius 2 is 1.74 bits per heavy atom. The Labute approximate surface area is 223 Å². The Balaban J connectivity index is 1.87. The van der Waals surface area contributed by atoms with Gasteiger partial charge in [-0.2, -0.15) is 13.2 Å². The third-order valence-electron chi connectivity index (χ3n) is 6.16. The number of carbonyl (C=O) groups is 1. The summed E-state index contributed by atoms with van der Waals surface area (Å²) in [6, 6.07) is 11.0. The van der Waals surface area contributed by atoms with Crippen LogP contribution in [0.3, 0.4) is 0 Å². The maximum absolute atomic E-state index is 13.5. The third-order valence-corrected chi connectivity index (χ3v) is 9.77. The molecule has 1 atom stereocenters. The molecule has 38 heavy (non-hydrogen) atoms. The number of hydrogen-bond acceptors (Lipinski definition) is 8. The van der Waals surface area contributed by atoms with Gasteiger partial charge in [0.05, 0.1) is 16.5 Å². The van der Waals surface area contributed by atoms with Crippen LogP contribution in [0.1, 0.15) is 19.3 Å². The highest BCUT2D eigenvalue weighted by atomic mass is 32.2. The summed E-state index contributed by atoms with van der Waals surface area (Å²) in [6.07, 6.45) is 1.37. The number of alkyl halides is 3. The lowest BCUT2D eigenvalue weighted by atomic mass is 9.97. The van der Waals surface area contributed by atoms with Gasteiger partial charge in [0, 0.05) is 23.2 Å². The summed E-state index contributed by atoms with van der Waals surface area (Å²) in [4.78, 5) is 12.2. The molecule has 1 heterocycles. The highest BCUT2D eigenvalue weighted by Crippen LogP contribution is 2.36. The van der Waals surface area contributed by atoms with E-state index in [9.17, 15) is 39.9 Å². The summed E-state index contributed by atoms with van der Waals surface area (Å²) in [7, 11) is -10.4. The molecular weight excluding hydrogens is 567 g/mol. The van der Waals surface area contributed by atoms with Crippen LogP contribution in [0.2, 0.25) is 0 Å². The Bertz CT molecular complexity index is 1330. The van der Waals surface area contributed by atoms with Crippen LogP contribution in [0.5, 0.6) is 0 Å². The number of piperidine rings is 1. The van der Waals surface area contributed by atoms with Crippen LogP contribution in [-0.4, -0.2) is 69.7 Å². The molecule has 0 saturated carbocycles. The summed E-state index contributed by atoms with van der Waals surface area (Å²) >= 11 is 1.42. The molecule has 15 heteroatoms. The van der Waals surface area contributed by atoms with E-state index >= 15 is 0 Å². The molecule has 2 aromatic rings. The molecule has 1 saturated heterocycles. The topological polar surface area (TPSA) is 147 Å². The van der Waals surface area contributed by atoms with Crippen LogP contribution in [-0.2, 0) is 24.7 Å². The van der Waals surface area contributed by atoms with E-state index in [1.807, 2.05) is 30.3 Å². The fraction of sp³-hybridized carbons (Fsp3) is 0.435. The molecule has 0 amide bonds. The number of aliphatic carboxylic acids is 1. The molecule has 0 spiro atoms. The predicted molar refractivity (Wildman–Crippen MR) is 137 cm³/mol. The second-order valence-electron chi connectivity index (χ2n) is 8.86. The Morgan fingerprint density at radius 1 is 1.11 bits per heavy atom. The molecule has 9 nitrogen and oxygen atoms in total. The average molecular weight is 596 g/mol. The number of primary sulfonamides is 1. The van der Waals surface area contributed by atoms with Crippen molar-refractivity contribution in [2.24, 2.45) is 11.1 Å². The summed E-state index contributed by atoms with van der Waals surface area (Å²) < 4.78 is 88.5. The van der Waals surface area contributed by atoms with E-state index in [1.165, 1.54) is 11.8 Å². The second kappa shape index (κ2) is 12.2. The van der Waals surface area contributed by atoms with Gasteiger partial charge in [0.1, 0.15) is 4.90 Å². The summed E-state index contributed by atoms with van der Waals surface area (Å²) in [6.45, 7) is 1.59. The number of rotatable bonds is 11. The fourth-order valence-corrected chi connectivity index (χ4v) is 6.57. The number of halogens is 3. The Hall–Kier alpha value is -2.33. The molecule has 0 aliphatic carbocycles. The zero-order valence-electron chi connectivity index (χ0n) is 20.1. The molecule has 2 aromatic carbocycles. The van der Waals surface area contributed by atoms with E-state index in [0.29, 0.717) is 50.7 Å². The number of anilines is 1. The molecule has 4 N–H and O–H groups in total. The number of likely N-dealkylation sites (tertiary alicyclic amines) is 1. The van der Waals surface area contributed by atoms with E-state index in [1.54, 1.807) is 0 Å². The minimum absolute atomic E-state index is 0.359. The van der Waals surface area contributed by atoms with Crippen molar-refractivity contribution < 1.29 is 39.9 Å². The van der Waals surface area contributed by atoms with Crippen molar-refractivity contribution in [2.45, 2.75) is 45.5 Å². The lowest BCUT2D eigenvalue weighted by molar-refractivity contribution is -0.143. The van der Waals surface area contributed by atoms with Gasteiger partial charge in [0.25, 0.3) is 9.84 Å². The molecule has 1 fully saturated rings. The van der Waals surface area contributed by atoms with Crippen LogP contribution in [0.25, 0.3) is 0 Å². The second-order valence-corrected chi connectivity index (χ2v) is 13.4. The van der Waals surface area contributed by atoms with E-state index in [2.05, 4.69) is 10.2 Å². The van der Waals surface area contributed by atoms with Crippen molar-refractivity contribution in [3.8, 4) is 0 Å². The Kier molecular flexibility index (Phi) is 9.73. The van der Waals surface area contributed by atoms with Crippen molar-refractivity contribution in [1.29, 1.82) is 0 Å². The quantitative estimate of drug-likeness (QED) is 0.333. The number of sulfone groups is 1. The Morgan fingerprint density at radius 3 is 2.29 bits per heavy atom. The average Bonchev–Trinajstić information content (AvgIpc) is 2.85. The molecule has 210 valence electrons. The van der Waals surface area contributed by atoms with E-state index < -0.39 is 58.8 Å². The highest BCUT2D eigenvalue weighted by molar-refractivity contribution is 7.99. The molecule has 1 aliphatic rings. The number of hydrogen-bond donors (Lipinski definition) is 3. The van der Waals surface area contributed by atoms with Crippen LogP contribution in [0.4, 0.5) is 18.9 Å². The summed E-state index contributed by atoms with van der Waals surface area (Å²) in [5.41, 5.74) is -6.05. The minimum Gasteiger partial charge on any atom is -0.481 e. The first-order valence-electron chi connectivity index (χ1n) is 11.6. The first kappa shape index (κ1) is 30.2. The van der Waals surface area contributed by atoms with E-state index in [-0.39, 0.29) is 0 Å². The number of carboxylic acid groups (broad SMARTS) is 1. The van der Waals surface area contributed by atoms with Gasteiger partial charge in [-0.25, -0.2) is 22.0 Å². The van der Waals surface area contributed by atoms with Gasteiger partial charge >= 0.3 is 11.5 Å². The largest absolute Gasteiger partial charge is 0.501 e. The predicted octanol–water partition coefficient (Wildman–Crippen LogP) is 3.39. The van der Waals surface area contributed by atoms with Gasteiger partial charge in [-0.3, -0.25) is 4.79 Å². The van der Waals surface area contributed by atoms with Crippen molar-refractivity contribution in [1.82, 2.24) is 4.90 Å². The van der Waals surface area contributed by atoms with Gasteiger partial charge in [0.15, 0.2) is 0 Å². The monoisotopic (exact) mass is 595 g/mol. The zero-order valence-corrected chi connectivity index (χ0v) is 22.5. The van der Waals surface area contributed by atoms with Crippen molar-refractivity contribution in [3.63, 3.8) is 0 Å². The van der Waals surface area contributed by atoms with Gasteiger partial charge in [-0.05, 0) is 62.7 Å². The molecule has 3 rings (SSSR count). The standard InChI is InChI=1S/C23H28F3N3O6S3/c24-23(25,26)37(32,33)21-14-19(38(27,34)35)6-7-20(21)28-17(15-36-18-4-2-1-3-5-18)10-13-29-11-8-16(9-12-29)22(30)31/h1-7,14,16-17,28H,8-13,15H2,(H,30,31)(H2,27,34,35)/t17-/m1/s1. The van der Waals surface area contributed by atoms with Crippen LogP contribution < -0.4 is 10.5 Å². The number of sulfonamides is 1. The highest BCUT2D eigenvalue weighted by Gasteiger charge is 2.48. The normalized spacial score (nSPS) is 16.7. The van der Waals surface area contributed by atoms with Crippen molar-refractivity contribution in [3.05, 3.63) is 48.5 Å². The van der Waals surface area contributed by atoms with Gasteiger partial charge in [-0.1, -0.05) is 18.2 Å². The summed E-state index contributed by atoms with van der Waals surface area (Å²) in [5.74, 6) is -0.899. The molecule has 0 unspecified atom stereocenters. The minimum atomic E-state index is -5.91. The van der Waals surface area contributed by atoms with E-state index in [4.69, 9.17) is 5.14 Å². The van der Waals surface area contributed by atoms with Crippen LogP contribution in [0, 0.1) is 5.92 Å². The number of nitrogens with zero attached hydrogens (tertiary/aromatic N) is 1. The van der Waals surface area contributed by atoms with Crippen molar-refractivity contribution >= 4 is 43.3 Å². The number of nitrogens with two attached hydrogens (primary N) is 1. The first-order valence-corrected chi connectivity index (χ1v) is 15.6. The molecule has 0 radical (unpaired) electrons. The molecular formula is C23H28F3N3O6S3. The fourth-order valence-electron chi connectivity index (χ4n) is 4.02. The lowest BCUT2D eigenvalue weighted by Crippen LogP contribution is -2.39. The molecule has 0 aromatic heterocycles. The first-order chi connectivity index (χ1) is 17.7. The van der Waals surface area contributed by atoms with Gasteiger partial charge < -0.3 is 15.3 Å². The number of carboxylic acids is 1. The van der Waals surface area contributed by atoms with Crippen LogP contribution in [0.15, 0.2) is 63.2 Å². The zero-order chi connectivity index (χ0) is 28.1. The maximum atomic E-state index is 13.5. The number of benzene rings is 2. The smallest absolute Gasteiger partial charge is 0.481 e.